The Morgan fingerprint density at radius 1 is 1.45 bits per heavy atom. The van der Waals surface area contributed by atoms with Gasteiger partial charge in [0.05, 0.1) is 11.6 Å². The third-order valence-electron chi connectivity index (χ3n) is 3.07. The van der Waals surface area contributed by atoms with E-state index in [2.05, 4.69) is 10.3 Å². The summed E-state index contributed by atoms with van der Waals surface area (Å²) in [7, 11) is 0. The molecule has 20 heavy (non-hydrogen) atoms. The zero-order valence-corrected chi connectivity index (χ0v) is 11.5. The second-order valence-electron chi connectivity index (χ2n) is 4.86. The molecule has 0 spiro atoms. The number of anilines is 1. The van der Waals surface area contributed by atoms with Gasteiger partial charge in [-0.3, -0.25) is 4.79 Å². The van der Waals surface area contributed by atoms with E-state index in [1.54, 1.807) is 13.0 Å². The summed E-state index contributed by atoms with van der Waals surface area (Å²) >= 11 is 0. The maximum absolute atomic E-state index is 12.0. The first kappa shape index (κ1) is 14.3. The van der Waals surface area contributed by atoms with Crippen molar-refractivity contribution >= 4 is 22.5 Å². The Bertz CT molecular complexity index is 611. The number of amides is 1. The summed E-state index contributed by atoms with van der Waals surface area (Å²) in [6.45, 7) is 2.24. The summed E-state index contributed by atoms with van der Waals surface area (Å²) < 4.78 is 0. The van der Waals surface area contributed by atoms with E-state index in [1.807, 2.05) is 24.3 Å². The Kier molecular flexibility index (Phi) is 4.53. The van der Waals surface area contributed by atoms with E-state index >= 15 is 0 Å². The number of benzene rings is 1. The maximum Gasteiger partial charge on any atom is 0.269 e. The number of nitrogens with zero attached hydrogens (tertiary/aromatic N) is 1. The number of nitrogens with one attached hydrogen (secondary N) is 1. The average Bonchev–Trinajstić information content (AvgIpc) is 2.43. The molecule has 0 aliphatic heterocycles. The predicted octanol–water partition coefficient (Wildman–Crippen LogP) is 1.71. The van der Waals surface area contributed by atoms with Crippen LogP contribution in [0.2, 0.25) is 0 Å². The van der Waals surface area contributed by atoms with Crippen LogP contribution in [-0.2, 0) is 0 Å². The van der Waals surface area contributed by atoms with Crippen molar-refractivity contribution in [3.63, 3.8) is 0 Å². The van der Waals surface area contributed by atoms with Crippen molar-refractivity contribution < 1.29 is 9.90 Å². The Balaban J connectivity index is 2.07. The summed E-state index contributed by atoms with van der Waals surface area (Å²) in [5.74, 6) is -0.243. The first-order chi connectivity index (χ1) is 9.58. The number of hydrogen-bond acceptors (Lipinski definition) is 4. The first-order valence-electron chi connectivity index (χ1n) is 6.69. The second-order valence-corrected chi connectivity index (χ2v) is 4.86. The molecule has 2 aromatic rings. The third-order valence-corrected chi connectivity index (χ3v) is 3.07. The van der Waals surface area contributed by atoms with E-state index in [9.17, 15) is 4.79 Å². The molecule has 0 bridgehead atoms. The van der Waals surface area contributed by atoms with Crippen molar-refractivity contribution in [2.75, 3.05) is 12.3 Å². The Labute approximate surface area is 117 Å². The highest BCUT2D eigenvalue weighted by Crippen LogP contribution is 2.19. The van der Waals surface area contributed by atoms with Gasteiger partial charge in [0.1, 0.15) is 5.69 Å². The summed E-state index contributed by atoms with van der Waals surface area (Å²) in [5.41, 5.74) is 7.51. The summed E-state index contributed by atoms with van der Waals surface area (Å²) in [5, 5.41) is 12.8. The SMILES string of the molecule is CC(O)CCCNC(=O)c1cc(N)c2ccccc2n1. The van der Waals surface area contributed by atoms with Gasteiger partial charge in [-0.2, -0.15) is 0 Å². The van der Waals surface area contributed by atoms with Crippen LogP contribution in [0.3, 0.4) is 0 Å². The number of para-hydroxylation sites is 1. The predicted molar refractivity (Wildman–Crippen MR) is 79.4 cm³/mol. The van der Waals surface area contributed by atoms with Crippen LogP contribution in [0.5, 0.6) is 0 Å². The summed E-state index contributed by atoms with van der Waals surface area (Å²) in [6.07, 6.45) is 1.04. The van der Waals surface area contributed by atoms with Gasteiger partial charge in [-0.05, 0) is 31.9 Å². The Hall–Kier alpha value is -2.14. The Morgan fingerprint density at radius 3 is 2.95 bits per heavy atom. The van der Waals surface area contributed by atoms with Crippen molar-refractivity contribution in [1.29, 1.82) is 0 Å². The van der Waals surface area contributed by atoms with Gasteiger partial charge in [0, 0.05) is 17.6 Å². The van der Waals surface area contributed by atoms with Gasteiger partial charge in [-0.25, -0.2) is 4.98 Å². The molecule has 0 saturated carbocycles. The summed E-state index contributed by atoms with van der Waals surface area (Å²) in [6, 6.07) is 9.04. The van der Waals surface area contributed by atoms with Gasteiger partial charge in [-0.15, -0.1) is 0 Å². The van der Waals surface area contributed by atoms with Crippen molar-refractivity contribution in [3.8, 4) is 0 Å². The number of carbonyl (C=O) groups is 1. The lowest BCUT2D eigenvalue weighted by Gasteiger charge is -2.08. The Morgan fingerprint density at radius 2 is 2.20 bits per heavy atom. The number of fused-ring (bicyclic) bond motifs is 1. The van der Waals surface area contributed by atoms with Crippen molar-refractivity contribution in [2.24, 2.45) is 0 Å². The quantitative estimate of drug-likeness (QED) is 0.724. The molecule has 1 heterocycles. The van der Waals surface area contributed by atoms with E-state index in [-0.39, 0.29) is 12.0 Å². The smallest absolute Gasteiger partial charge is 0.269 e. The highest BCUT2D eigenvalue weighted by atomic mass is 16.3. The molecule has 0 saturated heterocycles. The number of aliphatic hydroxyl groups excluding tert-OH is 1. The van der Waals surface area contributed by atoms with Crippen LogP contribution in [0.15, 0.2) is 30.3 Å². The average molecular weight is 273 g/mol. The van der Waals surface area contributed by atoms with Crippen molar-refractivity contribution in [1.82, 2.24) is 10.3 Å². The van der Waals surface area contributed by atoms with Crippen LogP contribution in [0.4, 0.5) is 5.69 Å². The molecule has 0 fully saturated rings. The normalized spacial score (nSPS) is 12.3. The molecule has 1 aromatic heterocycles. The number of rotatable bonds is 5. The highest BCUT2D eigenvalue weighted by molar-refractivity contribution is 5.99. The zero-order chi connectivity index (χ0) is 14.5. The highest BCUT2D eigenvalue weighted by Gasteiger charge is 2.10. The second kappa shape index (κ2) is 6.34. The molecule has 1 amide bonds. The standard InChI is InChI=1S/C15H19N3O2/c1-10(19)5-4-8-17-15(20)14-9-12(16)11-6-2-3-7-13(11)18-14/h2-3,6-7,9-10,19H,4-5,8H2,1H3,(H2,16,18)(H,17,20). The number of aliphatic hydroxyl groups is 1. The molecule has 1 aromatic carbocycles. The minimum atomic E-state index is -0.346. The minimum Gasteiger partial charge on any atom is -0.398 e. The van der Waals surface area contributed by atoms with Crippen molar-refractivity contribution in [2.45, 2.75) is 25.9 Å². The van der Waals surface area contributed by atoms with Gasteiger partial charge in [0.15, 0.2) is 0 Å². The van der Waals surface area contributed by atoms with Crippen LogP contribution >= 0.6 is 0 Å². The first-order valence-corrected chi connectivity index (χ1v) is 6.69. The minimum absolute atomic E-state index is 0.243. The molecular weight excluding hydrogens is 254 g/mol. The molecule has 1 unspecified atom stereocenters. The zero-order valence-electron chi connectivity index (χ0n) is 11.5. The molecule has 106 valence electrons. The molecule has 5 heteroatoms. The number of carbonyl (C=O) groups excluding carboxylic acids is 1. The van der Waals surface area contributed by atoms with Gasteiger partial charge in [-0.1, -0.05) is 18.2 Å². The van der Waals surface area contributed by atoms with Gasteiger partial charge in [0.25, 0.3) is 5.91 Å². The molecule has 0 aliphatic carbocycles. The number of hydrogen-bond donors (Lipinski definition) is 3. The van der Waals surface area contributed by atoms with Crippen LogP contribution in [0.25, 0.3) is 10.9 Å². The summed E-state index contributed by atoms with van der Waals surface area (Å²) in [4.78, 5) is 16.3. The van der Waals surface area contributed by atoms with Crippen LogP contribution in [-0.4, -0.2) is 28.6 Å². The number of nitrogens with two attached hydrogens (primary N) is 1. The largest absolute Gasteiger partial charge is 0.398 e. The van der Waals surface area contributed by atoms with Crippen molar-refractivity contribution in [3.05, 3.63) is 36.0 Å². The topological polar surface area (TPSA) is 88.2 Å². The lowest BCUT2D eigenvalue weighted by atomic mass is 10.1. The third kappa shape index (κ3) is 3.45. The molecule has 1 atom stereocenters. The van der Waals surface area contributed by atoms with Crippen LogP contribution < -0.4 is 11.1 Å². The van der Waals surface area contributed by atoms with E-state index in [4.69, 9.17) is 10.8 Å². The maximum atomic E-state index is 12.0. The number of pyridine rings is 1. The monoisotopic (exact) mass is 273 g/mol. The van der Waals surface area contributed by atoms with E-state index < -0.39 is 0 Å². The van der Waals surface area contributed by atoms with Crippen LogP contribution in [0, 0.1) is 0 Å². The molecule has 0 radical (unpaired) electrons. The molecule has 2 rings (SSSR count). The molecule has 0 aliphatic rings. The van der Waals surface area contributed by atoms with E-state index in [0.717, 1.165) is 11.8 Å². The fraction of sp³-hybridized carbons (Fsp3) is 0.333. The van der Waals surface area contributed by atoms with Gasteiger partial charge >= 0.3 is 0 Å². The lowest BCUT2D eigenvalue weighted by molar-refractivity contribution is 0.0945. The lowest BCUT2D eigenvalue weighted by Crippen LogP contribution is -2.26. The number of nitrogen functional groups attached to an aromatic ring is 1. The molecular formula is C15H19N3O2. The van der Waals surface area contributed by atoms with Gasteiger partial charge < -0.3 is 16.2 Å². The van der Waals surface area contributed by atoms with Crippen LogP contribution in [0.1, 0.15) is 30.3 Å². The molecule has 5 nitrogen and oxygen atoms in total. The van der Waals surface area contributed by atoms with E-state index in [0.29, 0.717) is 29.9 Å². The van der Waals surface area contributed by atoms with E-state index in [1.165, 1.54) is 0 Å². The van der Waals surface area contributed by atoms with Gasteiger partial charge in [0.2, 0.25) is 0 Å². The fourth-order valence-electron chi connectivity index (χ4n) is 2.01. The molecule has 4 N–H and O–H groups in total. The fourth-order valence-corrected chi connectivity index (χ4v) is 2.01. The number of aromatic nitrogens is 1.